The molecule has 2 atom stereocenters. The van der Waals surface area contributed by atoms with Crippen LogP contribution in [-0.2, 0) is 4.79 Å². The first-order chi connectivity index (χ1) is 12.0. The lowest BCUT2D eigenvalue weighted by molar-refractivity contribution is -0.122. The van der Waals surface area contributed by atoms with Gasteiger partial charge in [0.25, 0.3) is 5.91 Å². The molecule has 3 rings (SSSR count). The van der Waals surface area contributed by atoms with Crippen molar-refractivity contribution in [3.63, 3.8) is 0 Å². The Bertz CT molecular complexity index is 787. The van der Waals surface area contributed by atoms with Gasteiger partial charge in [0.15, 0.2) is 0 Å². The highest BCUT2D eigenvalue weighted by atomic mass is 16.3. The number of aryl methyl sites for hydroxylation is 2. The van der Waals surface area contributed by atoms with Gasteiger partial charge in [-0.1, -0.05) is 48.0 Å². The zero-order chi connectivity index (χ0) is 17.8. The number of rotatable bonds is 4. The van der Waals surface area contributed by atoms with Crippen LogP contribution in [0.25, 0.3) is 0 Å². The number of nitrogens with one attached hydrogen (secondary N) is 3. The molecule has 2 aromatic carbocycles. The maximum absolute atomic E-state index is 12.2. The number of hydrogen-bond acceptors (Lipinski definition) is 5. The third-order valence-corrected chi connectivity index (χ3v) is 4.33. The predicted molar refractivity (Wildman–Crippen MR) is 97.2 cm³/mol. The van der Waals surface area contributed by atoms with E-state index in [4.69, 9.17) is 0 Å². The van der Waals surface area contributed by atoms with Gasteiger partial charge in [-0.2, -0.15) is 5.10 Å². The smallest absolute Gasteiger partial charge is 0.258 e. The number of amides is 1. The molecular formula is C19H22N4O2. The van der Waals surface area contributed by atoms with E-state index >= 15 is 0 Å². The summed E-state index contributed by atoms with van der Waals surface area (Å²) >= 11 is 0. The van der Waals surface area contributed by atoms with Crippen LogP contribution in [0.3, 0.4) is 0 Å². The average molecular weight is 338 g/mol. The van der Waals surface area contributed by atoms with Crippen LogP contribution in [0.4, 0.5) is 0 Å². The molecule has 1 fully saturated rings. The summed E-state index contributed by atoms with van der Waals surface area (Å²) in [5, 5.41) is 14.2. The van der Waals surface area contributed by atoms with Gasteiger partial charge in [-0.3, -0.25) is 4.79 Å². The van der Waals surface area contributed by atoms with Crippen LogP contribution in [-0.4, -0.2) is 23.3 Å². The highest BCUT2D eigenvalue weighted by molar-refractivity contribution is 5.85. The first kappa shape index (κ1) is 17.1. The molecule has 1 heterocycles. The quantitative estimate of drug-likeness (QED) is 0.508. The topological polar surface area (TPSA) is 85.8 Å². The Morgan fingerprint density at radius 2 is 1.96 bits per heavy atom. The van der Waals surface area contributed by atoms with Crippen LogP contribution >= 0.6 is 0 Å². The Morgan fingerprint density at radius 3 is 2.72 bits per heavy atom. The Balaban J connectivity index is 1.57. The number of hydrazine groups is 1. The summed E-state index contributed by atoms with van der Waals surface area (Å²) < 4.78 is 0. The average Bonchev–Trinajstić information content (AvgIpc) is 3.09. The first-order valence-corrected chi connectivity index (χ1v) is 8.23. The van der Waals surface area contributed by atoms with E-state index in [-0.39, 0.29) is 17.7 Å². The Kier molecular flexibility index (Phi) is 5.11. The number of para-hydroxylation sites is 1. The minimum Gasteiger partial charge on any atom is -0.507 e. The third kappa shape index (κ3) is 4.04. The molecule has 4 N–H and O–H groups in total. The van der Waals surface area contributed by atoms with Crippen LogP contribution in [0, 0.1) is 13.8 Å². The number of aromatic hydroxyl groups is 1. The fourth-order valence-corrected chi connectivity index (χ4v) is 2.80. The number of hydrogen-bond donors (Lipinski definition) is 4. The van der Waals surface area contributed by atoms with Crippen molar-refractivity contribution in [2.45, 2.75) is 32.4 Å². The zero-order valence-electron chi connectivity index (χ0n) is 14.3. The lowest BCUT2D eigenvalue weighted by Gasteiger charge is -2.13. The minimum atomic E-state index is -0.417. The number of phenolic OH excluding ortho intramolecular Hbond substituents is 1. The molecule has 1 saturated heterocycles. The summed E-state index contributed by atoms with van der Waals surface area (Å²) in [6.07, 6.45) is 2.15. The lowest BCUT2D eigenvalue weighted by atomic mass is 9.99. The summed E-state index contributed by atoms with van der Waals surface area (Å²) in [5.74, 6) is 0.0470. The Hall–Kier alpha value is -2.70. The maximum Gasteiger partial charge on any atom is 0.258 e. The highest BCUT2D eigenvalue weighted by Crippen LogP contribution is 2.31. The number of phenols is 1. The van der Waals surface area contributed by atoms with E-state index in [0.29, 0.717) is 6.42 Å². The molecule has 2 aromatic rings. The molecule has 1 aliphatic heterocycles. The van der Waals surface area contributed by atoms with E-state index in [9.17, 15) is 9.90 Å². The van der Waals surface area contributed by atoms with Gasteiger partial charge >= 0.3 is 0 Å². The van der Waals surface area contributed by atoms with E-state index in [1.165, 1.54) is 5.56 Å². The van der Waals surface area contributed by atoms with E-state index in [2.05, 4.69) is 21.4 Å². The second kappa shape index (κ2) is 7.46. The Labute approximate surface area is 146 Å². The van der Waals surface area contributed by atoms with Gasteiger partial charge in [-0.15, -0.1) is 0 Å². The number of benzene rings is 2. The van der Waals surface area contributed by atoms with E-state index in [1.807, 2.05) is 56.3 Å². The molecule has 0 radical (unpaired) electrons. The molecule has 0 aromatic heterocycles. The summed E-state index contributed by atoms with van der Waals surface area (Å²) in [6, 6.07) is 12.9. The number of nitrogens with zero attached hydrogens (tertiary/aromatic N) is 1. The number of carbonyl (C=O) groups excluding carboxylic acids is 1. The fourth-order valence-electron chi connectivity index (χ4n) is 2.80. The molecular weight excluding hydrogens is 316 g/mol. The molecule has 0 aliphatic carbocycles. The largest absolute Gasteiger partial charge is 0.507 e. The molecule has 1 aliphatic rings. The molecule has 0 spiro atoms. The van der Waals surface area contributed by atoms with E-state index in [1.54, 1.807) is 6.21 Å². The van der Waals surface area contributed by atoms with Crippen molar-refractivity contribution in [2.24, 2.45) is 5.10 Å². The van der Waals surface area contributed by atoms with Gasteiger partial charge < -0.3 is 5.11 Å². The molecule has 6 nitrogen and oxygen atoms in total. The number of carbonyl (C=O) groups is 1. The van der Waals surface area contributed by atoms with Crippen molar-refractivity contribution in [1.82, 2.24) is 16.3 Å². The summed E-state index contributed by atoms with van der Waals surface area (Å²) in [4.78, 5) is 12.2. The third-order valence-electron chi connectivity index (χ3n) is 4.33. The van der Waals surface area contributed by atoms with Crippen molar-refractivity contribution >= 4 is 12.1 Å². The second-order valence-corrected chi connectivity index (χ2v) is 6.29. The monoisotopic (exact) mass is 338 g/mol. The van der Waals surface area contributed by atoms with Gasteiger partial charge in [0.2, 0.25) is 0 Å². The normalized spacial score (nSPS) is 20.1. The van der Waals surface area contributed by atoms with Gasteiger partial charge in [0.05, 0.1) is 12.3 Å². The molecule has 25 heavy (non-hydrogen) atoms. The molecule has 0 bridgehead atoms. The number of hydrazone groups is 1. The summed E-state index contributed by atoms with van der Waals surface area (Å²) in [7, 11) is 0. The molecule has 0 saturated carbocycles. The van der Waals surface area contributed by atoms with Crippen LogP contribution in [0.2, 0.25) is 0 Å². The first-order valence-electron chi connectivity index (χ1n) is 8.23. The van der Waals surface area contributed by atoms with Crippen molar-refractivity contribution in [1.29, 1.82) is 0 Å². The SMILES string of the molecule is Cc1ccc(/C=N/NC(=O)C2CC(c3cccc(C)c3O)NN2)cc1. The van der Waals surface area contributed by atoms with Crippen LogP contribution in [0.1, 0.15) is 34.7 Å². The Morgan fingerprint density at radius 1 is 1.20 bits per heavy atom. The standard InChI is InChI=1S/C19H22N4O2/c1-12-6-8-14(9-7-12)11-20-23-19(25)17-10-16(21-22-17)15-5-3-4-13(2)18(15)24/h3-9,11,16-17,21-22,24H,10H2,1-2H3,(H,23,25)/b20-11+. The molecule has 6 heteroatoms. The molecule has 2 unspecified atom stereocenters. The van der Waals surface area contributed by atoms with Crippen molar-refractivity contribution in [3.8, 4) is 5.75 Å². The minimum absolute atomic E-state index is 0.128. The van der Waals surface area contributed by atoms with Crippen LogP contribution < -0.4 is 16.3 Å². The fraction of sp³-hybridized carbons (Fsp3) is 0.263. The van der Waals surface area contributed by atoms with E-state index < -0.39 is 6.04 Å². The highest BCUT2D eigenvalue weighted by Gasteiger charge is 2.31. The van der Waals surface area contributed by atoms with Crippen LogP contribution in [0.15, 0.2) is 47.6 Å². The van der Waals surface area contributed by atoms with Crippen LogP contribution in [0.5, 0.6) is 5.75 Å². The van der Waals surface area contributed by atoms with Crippen molar-refractivity contribution in [2.75, 3.05) is 0 Å². The van der Waals surface area contributed by atoms with Crippen molar-refractivity contribution < 1.29 is 9.90 Å². The zero-order valence-corrected chi connectivity index (χ0v) is 14.3. The van der Waals surface area contributed by atoms with Gasteiger partial charge in [0, 0.05) is 5.56 Å². The lowest BCUT2D eigenvalue weighted by Crippen LogP contribution is -2.41. The van der Waals surface area contributed by atoms with Gasteiger partial charge in [-0.05, 0) is 31.4 Å². The van der Waals surface area contributed by atoms with Gasteiger partial charge in [0.1, 0.15) is 11.8 Å². The predicted octanol–water partition coefficient (Wildman–Crippen LogP) is 2.07. The maximum atomic E-state index is 12.2. The second-order valence-electron chi connectivity index (χ2n) is 6.29. The molecule has 130 valence electrons. The summed E-state index contributed by atoms with van der Waals surface area (Å²) in [5.41, 5.74) is 12.3. The van der Waals surface area contributed by atoms with E-state index in [0.717, 1.165) is 16.7 Å². The van der Waals surface area contributed by atoms with Crippen molar-refractivity contribution in [3.05, 3.63) is 64.7 Å². The van der Waals surface area contributed by atoms with Gasteiger partial charge in [-0.25, -0.2) is 16.3 Å². The summed E-state index contributed by atoms with van der Waals surface area (Å²) in [6.45, 7) is 3.87. The molecule has 1 amide bonds.